The maximum Gasteiger partial charge on any atom is 0.125 e. The molecule has 0 fully saturated rings. The molecule has 2 aromatic heterocycles. The summed E-state index contributed by atoms with van der Waals surface area (Å²) in [4.78, 5) is 11.6. The summed E-state index contributed by atoms with van der Waals surface area (Å²) in [6, 6.07) is 4.57. The van der Waals surface area contributed by atoms with E-state index in [1.165, 1.54) is 12.1 Å². The number of nitrogens with zero attached hydrogens (tertiary/aromatic N) is 2. The maximum atomic E-state index is 13.0. The SMILES string of the molecule is Cc1nc2cnc3cc(F)ccc3c2[nH]1. The first-order valence-electron chi connectivity index (χ1n) is 4.64. The lowest BCUT2D eigenvalue weighted by molar-refractivity contribution is 0.629. The molecule has 0 saturated heterocycles. The Morgan fingerprint density at radius 2 is 2.13 bits per heavy atom. The van der Waals surface area contributed by atoms with Crippen LogP contribution in [0.5, 0.6) is 0 Å². The van der Waals surface area contributed by atoms with Gasteiger partial charge in [0.05, 0.1) is 17.2 Å². The van der Waals surface area contributed by atoms with E-state index in [-0.39, 0.29) is 5.82 Å². The molecule has 3 aromatic rings. The lowest BCUT2D eigenvalue weighted by atomic mass is 10.2. The second-order valence-corrected chi connectivity index (χ2v) is 3.50. The lowest BCUT2D eigenvalue weighted by Crippen LogP contribution is -1.82. The highest BCUT2D eigenvalue weighted by Gasteiger charge is 2.05. The average Bonchev–Trinajstić information content (AvgIpc) is 2.58. The number of nitrogens with one attached hydrogen (secondary N) is 1. The van der Waals surface area contributed by atoms with Crippen molar-refractivity contribution in [2.45, 2.75) is 6.92 Å². The minimum Gasteiger partial charge on any atom is -0.342 e. The van der Waals surface area contributed by atoms with Gasteiger partial charge in [-0.3, -0.25) is 4.98 Å². The second kappa shape index (κ2) is 2.76. The van der Waals surface area contributed by atoms with Crippen LogP contribution in [0.3, 0.4) is 0 Å². The number of H-pyrrole nitrogens is 1. The molecule has 0 unspecified atom stereocenters. The van der Waals surface area contributed by atoms with Crippen molar-refractivity contribution in [2.24, 2.45) is 0 Å². The predicted molar refractivity (Wildman–Crippen MR) is 56.1 cm³/mol. The Morgan fingerprint density at radius 3 is 3.00 bits per heavy atom. The molecule has 74 valence electrons. The average molecular weight is 201 g/mol. The van der Waals surface area contributed by atoms with Gasteiger partial charge in [0.15, 0.2) is 0 Å². The molecular weight excluding hydrogens is 193 g/mol. The summed E-state index contributed by atoms with van der Waals surface area (Å²) in [5, 5.41) is 0.898. The molecule has 0 radical (unpaired) electrons. The number of halogens is 1. The van der Waals surface area contributed by atoms with Crippen LogP contribution in [0.2, 0.25) is 0 Å². The fourth-order valence-corrected chi connectivity index (χ4v) is 1.76. The van der Waals surface area contributed by atoms with Gasteiger partial charge in [0.2, 0.25) is 0 Å². The van der Waals surface area contributed by atoms with Crippen molar-refractivity contribution in [2.75, 3.05) is 0 Å². The van der Waals surface area contributed by atoms with E-state index in [4.69, 9.17) is 0 Å². The number of aromatic amines is 1. The number of aryl methyl sites for hydroxylation is 1. The molecule has 0 saturated carbocycles. The predicted octanol–water partition coefficient (Wildman–Crippen LogP) is 2.56. The zero-order valence-corrected chi connectivity index (χ0v) is 8.08. The molecule has 4 heteroatoms. The number of fused-ring (bicyclic) bond motifs is 3. The van der Waals surface area contributed by atoms with E-state index in [9.17, 15) is 4.39 Å². The number of hydrogen-bond acceptors (Lipinski definition) is 2. The molecule has 0 amide bonds. The first-order valence-corrected chi connectivity index (χ1v) is 4.64. The molecule has 3 rings (SSSR count). The van der Waals surface area contributed by atoms with Gasteiger partial charge in [-0.25, -0.2) is 9.37 Å². The quantitative estimate of drug-likeness (QED) is 0.607. The van der Waals surface area contributed by atoms with Crippen LogP contribution in [0.4, 0.5) is 4.39 Å². The Morgan fingerprint density at radius 1 is 1.27 bits per heavy atom. The molecule has 2 heterocycles. The van der Waals surface area contributed by atoms with Crippen molar-refractivity contribution in [1.82, 2.24) is 15.0 Å². The van der Waals surface area contributed by atoms with Crippen molar-refractivity contribution in [3.8, 4) is 0 Å². The molecule has 0 atom stereocenters. The van der Waals surface area contributed by atoms with Gasteiger partial charge in [-0.2, -0.15) is 0 Å². The molecule has 3 nitrogen and oxygen atoms in total. The summed E-state index contributed by atoms with van der Waals surface area (Å²) < 4.78 is 13.0. The molecule has 15 heavy (non-hydrogen) atoms. The minimum absolute atomic E-state index is 0.273. The van der Waals surface area contributed by atoms with E-state index in [0.717, 1.165) is 22.2 Å². The topological polar surface area (TPSA) is 41.6 Å². The number of hydrogen-bond donors (Lipinski definition) is 1. The summed E-state index contributed by atoms with van der Waals surface area (Å²) in [7, 11) is 0. The maximum absolute atomic E-state index is 13.0. The van der Waals surface area contributed by atoms with Gasteiger partial charge in [-0.15, -0.1) is 0 Å². The van der Waals surface area contributed by atoms with Gasteiger partial charge >= 0.3 is 0 Å². The molecule has 1 aromatic carbocycles. The number of imidazole rings is 1. The fraction of sp³-hybridized carbons (Fsp3) is 0.0909. The van der Waals surface area contributed by atoms with E-state index in [1.54, 1.807) is 12.3 Å². The minimum atomic E-state index is -0.273. The van der Waals surface area contributed by atoms with Gasteiger partial charge in [-0.05, 0) is 19.1 Å². The third kappa shape index (κ3) is 1.18. The molecule has 1 N–H and O–H groups in total. The molecular formula is C11H8FN3. The highest BCUT2D eigenvalue weighted by molar-refractivity contribution is 6.01. The first kappa shape index (κ1) is 8.35. The molecule has 0 aliphatic carbocycles. The summed E-state index contributed by atoms with van der Waals surface area (Å²) in [6.07, 6.45) is 1.65. The Hall–Kier alpha value is -1.97. The van der Waals surface area contributed by atoms with Crippen LogP contribution in [0.1, 0.15) is 5.82 Å². The third-order valence-electron chi connectivity index (χ3n) is 2.41. The van der Waals surface area contributed by atoms with Crippen molar-refractivity contribution in [3.63, 3.8) is 0 Å². The Balaban J connectivity index is 2.53. The summed E-state index contributed by atoms with van der Waals surface area (Å²) in [5.41, 5.74) is 2.37. The van der Waals surface area contributed by atoms with Gasteiger partial charge in [0.25, 0.3) is 0 Å². The standard InChI is InChI=1S/C11H8FN3/c1-6-14-10-5-13-9-4-7(12)2-3-8(9)11(10)15-6/h2-5H,1H3,(H,14,15). The van der Waals surface area contributed by atoms with Crippen molar-refractivity contribution < 1.29 is 4.39 Å². The van der Waals surface area contributed by atoms with E-state index in [1.807, 2.05) is 6.92 Å². The Bertz CT molecular complexity index is 657. The lowest BCUT2D eigenvalue weighted by Gasteiger charge is -1.97. The molecule has 0 spiro atoms. The van der Waals surface area contributed by atoms with Gasteiger partial charge in [-0.1, -0.05) is 0 Å². The van der Waals surface area contributed by atoms with Crippen LogP contribution in [-0.2, 0) is 0 Å². The first-order chi connectivity index (χ1) is 7.24. The zero-order valence-electron chi connectivity index (χ0n) is 8.08. The van der Waals surface area contributed by atoms with Gasteiger partial charge in [0, 0.05) is 11.5 Å². The van der Waals surface area contributed by atoms with E-state index in [2.05, 4.69) is 15.0 Å². The normalized spacial score (nSPS) is 11.3. The Labute approximate surface area is 85.0 Å². The second-order valence-electron chi connectivity index (χ2n) is 3.50. The number of rotatable bonds is 0. The van der Waals surface area contributed by atoms with Crippen molar-refractivity contribution in [3.05, 3.63) is 36.0 Å². The van der Waals surface area contributed by atoms with E-state index in [0.29, 0.717) is 5.52 Å². The monoisotopic (exact) mass is 201 g/mol. The molecule has 0 bridgehead atoms. The van der Waals surface area contributed by atoms with E-state index < -0.39 is 0 Å². The smallest absolute Gasteiger partial charge is 0.125 e. The molecule has 0 aliphatic rings. The summed E-state index contributed by atoms with van der Waals surface area (Å²) in [6.45, 7) is 1.88. The van der Waals surface area contributed by atoms with Crippen molar-refractivity contribution in [1.29, 1.82) is 0 Å². The van der Waals surface area contributed by atoms with Crippen LogP contribution < -0.4 is 0 Å². The zero-order chi connectivity index (χ0) is 10.4. The third-order valence-corrected chi connectivity index (χ3v) is 2.41. The largest absolute Gasteiger partial charge is 0.342 e. The van der Waals surface area contributed by atoms with E-state index >= 15 is 0 Å². The van der Waals surface area contributed by atoms with Gasteiger partial charge in [0.1, 0.15) is 17.2 Å². The van der Waals surface area contributed by atoms with Gasteiger partial charge < -0.3 is 4.98 Å². The fourth-order valence-electron chi connectivity index (χ4n) is 1.76. The van der Waals surface area contributed by atoms with Crippen LogP contribution in [-0.4, -0.2) is 15.0 Å². The highest BCUT2D eigenvalue weighted by atomic mass is 19.1. The summed E-state index contributed by atoms with van der Waals surface area (Å²) in [5.74, 6) is 0.564. The number of aromatic nitrogens is 3. The number of benzene rings is 1. The van der Waals surface area contributed by atoms with Crippen LogP contribution >= 0.6 is 0 Å². The highest BCUT2D eigenvalue weighted by Crippen LogP contribution is 2.21. The van der Waals surface area contributed by atoms with Crippen LogP contribution in [0, 0.1) is 12.7 Å². The molecule has 0 aliphatic heterocycles. The van der Waals surface area contributed by atoms with Crippen LogP contribution in [0.15, 0.2) is 24.4 Å². The van der Waals surface area contributed by atoms with Crippen molar-refractivity contribution >= 4 is 21.9 Å². The summed E-state index contributed by atoms with van der Waals surface area (Å²) >= 11 is 0. The Kier molecular flexibility index (Phi) is 1.54. The number of pyridine rings is 1. The van der Waals surface area contributed by atoms with Crippen LogP contribution in [0.25, 0.3) is 21.9 Å².